The molecule has 1 aliphatic rings. The number of likely N-dealkylation sites (tertiary alicyclic amines) is 1. The molecule has 2 amide bonds. The molecule has 1 fully saturated rings. The molecule has 39 heavy (non-hydrogen) atoms. The number of aromatic nitrogens is 5. The quantitative estimate of drug-likeness (QED) is 0.264. The van der Waals surface area contributed by atoms with E-state index in [0.717, 1.165) is 23.9 Å². The van der Waals surface area contributed by atoms with Crippen LogP contribution in [0.4, 0.5) is 9.18 Å². The summed E-state index contributed by atoms with van der Waals surface area (Å²) in [4.78, 5) is 31.2. The molecule has 1 aliphatic heterocycles. The van der Waals surface area contributed by atoms with Crippen LogP contribution in [-0.4, -0.2) is 94.7 Å². The van der Waals surface area contributed by atoms with Gasteiger partial charge >= 0.3 is 6.03 Å². The van der Waals surface area contributed by atoms with Crippen molar-refractivity contribution >= 4 is 28.1 Å². The molecule has 12 heteroatoms. The molecule has 0 aliphatic carbocycles. The summed E-state index contributed by atoms with van der Waals surface area (Å²) in [6, 6.07) is 3.39. The van der Waals surface area contributed by atoms with E-state index in [4.69, 9.17) is 19.2 Å². The van der Waals surface area contributed by atoms with Gasteiger partial charge in [-0.1, -0.05) is 0 Å². The van der Waals surface area contributed by atoms with Gasteiger partial charge in [0.1, 0.15) is 17.1 Å². The summed E-state index contributed by atoms with van der Waals surface area (Å²) in [6.45, 7) is 6.87. The number of piperidine rings is 1. The second-order valence-corrected chi connectivity index (χ2v) is 9.34. The van der Waals surface area contributed by atoms with Crippen molar-refractivity contribution in [1.29, 1.82) is 0 Å². The van der Waals surface area contributed by atoms with Crippen molar-refractivity contribution in [3.8, 4) is 11.4 Å². The Kier molecular flexibility index (Phi) is 8.96. The first-order valence-electron chi connectivity index (χ1n) is 13.4. The normalized spacial score (nSPS) is 15.8. The Hall–Kier alpha value is -3.61. The summed E-state index contributed by atoms with van der Waals surface area (Å²) < 4.78 is 32.1. The summed E-state index contributed by atoms with van der Waals surface area (Å²) in [5, 5.41) is 4.49. The molecular formula is C27H34FN7O4. The van der Waals surface area contributed by atoms with Crippen LogP contribution in [-0.2, 0) is 14.2 Å². The van der Waals surface area contributed by atoms with E-state index in [0.29, 0.717) is 81.7 Å². The zero-order valence-electron chi connectivity index (χ0n) is 22.1. The van der Waals surface area contributed by atoms with Crippen molar-refractivity contribution < 1.29 is 23.4 Å². The van der Waals surface area contributed by atoms with E-state index in [1.54, 1.807) is 12.4 Å². The Balaban J connectivity index is 1.17. The lowest BCUT2D eigenvalue weighted by atomic mass is 10.1. The highest BCUT2D eigenvalue weighted by atomic mass is 19.1. The van der Waals surface area contributed by atoms with Crippen LogP contribution >= 0.6 is 0 Å². The first-order chi connectivity index (χ1) is 19.1. The first-order valence-corrected chi connectivity index (χ1v) is 13.4. The topological polar surface area (TPSA) is 119 Å². The van der Waals surface area contributed by atoms with E-state index < -0.39 is 5.82 Å². The van der Waals surface area contributed by atoms with Gasteiger partial charge in [-0.25, -0.2) is 24.1 Å². The fraction of sp³-hybridized carbons (Fsp3) is 0.481. The second-order valence-electron chi connectivity index (χ2n) is 9.34. The maximum atomic E-state index is 13.8. The van der Waals surface area contributed by atoms with E-state index in [9.17, 15) is 9.18 Å². The van der Waals surface area contributed by atoms with Gasteiger partial charge in [0, 0.05) is 61.2 Å². The number of nitrogens with zero attached hydrogens (tertiary/aromatic N) is 5. The lowest BCUT2D eigenvalue weighted by Gasteiger charge is -2.33. The highest BCUT2D eigenvalue weighted by Crippen LogP contribution is 2.29. The number of hydrogen-bond acceptors (Lipinski definition) is 7. The third-order valence-corrected chi connectivity index (χ3v) is 6.74. The minimum atomic E-state index is -0.415. The molecule has 5 rings (SSSR count). The third kappa shape index (κ3) is 6.52. The largest absolute Gasteiger partial charge is 0.379 e. The van der Waals surface area contributed by atoms with E-state index >= 15 is 0 Å². The Morgan fingerprint density at radius 2 is 1.97 bits per heavy atom. The zero-order valence-corrected chi connectivity index (χ0v) is 22.1. The van der Waals surface area contributed by atoms with Crippen molar-refractivity contribution in [3.05, 3.63) is 42.7 Å². The van der Waals surface area contributed by atoms with Crippen LogP contribution in [0.2, 0.25) is 0 Å². The lowest BCUT2D eigenvalue weighted by Crippen LogP contribution is -2.46. The Morgan fingerprint density at radius 1 is 1.15 bits per heavy atom. The standard InChI is InChI=1S/C27H34FN7O4/c1-2-37-10-11-39-13-12-38-9-6-29-27(36)34-7-3-4-21(18-34)35-8-5-19-15-30-25(33-26(19)35)23-17-32-24-22(23)14-20(28)16-31-24/h5,8,14-17,21H,2-4,6-7,9-13,18H2,1H3,(H,29,36)(H,31,32). The molecule has 0 spiro atoms. The predicted octanol–water partition coefficient (Wildman–Crippen LogP) is 3.53. The van der Waals surface area contributed by atoms with E-state index in [1.807, 2.05) is 24.1 Å². The average Bonchev–Trinajstić information content (AvgIpc) is 3.57. The molecule has 0 radical (unpaired) electrons. The van der Waals surface area contributed by atoms with Crippen molar-refractivity contribution in [1.82, 2.24) is 34.7 Å². The van der Waals surface area contributed by atoms with E-state index in [-0.39, 0.29) is 12.1 Å². The molecule has 11 nitrogen and oxygen atoms in total. The number of ether oxygens (including phenoxy) is 3. The Bertz CT molecular complexity index is 1390. The van der Waals surface area contributed by atoms with Crippen molar-refractivity contribution in [2.75, 3.05) is 59.3 Å². The molecule has 4 aromatic rings. The SMILES string of the molecule is CCOCCOCCOCCNC(=O)N1CCCC(n2ccc3cnc(-c4c[nH]c5ncc(F)cc45)nc32)C1. The van der Waals surface area contributed by atoms with Crippen LogP contribution in [0.1, 0.15) is 25.8 Å². The van der Waals surface area contributed by atoms with Crippen molar-refractivity contribution in [2.45, 2.75) is 25.8 Å². The molecule has 1 unspecified atom stereocenters. The average molecular weight is 540 g/mol. The summed E-state index contributed by atoms with van der Waals surface area (Å²) >= 11 is 0. The van der Waals surface area contributed by atoms with Gasteiger partial charge in [0.25, 0.3) is 0 Å². The molecule has 208 valence electrons. The maximum Gasteiger partial charge on any atom is 0.317 e. The number of urea groups is 1. The molecule has 0 bridgehead atoms. The molecule has 5 heterocycles. The van der Waals surface area contributed by atoms with Crippen LogP contribution < -0.4 is 5.32 Å². The third-order valence-electron chi connectivity index (χ3n) is 6.74. The number of carbonyl (C=O) groups excluding carboxylic acids is 1. The number of pyridine rings is 1. The number of H-pyrrole nitrogens is 1. The highest BCUT2D eigenvalue weighted by molar-refractivity contribution is 5.92. The van der Waals surface area contributed by atoms with Gasteiger partial charge in [-0.2, -0.15) is 0 Å². The molecule has 2 N–H and O–H groups in total. The van der Waals surface area contributed by atoms with E-state index in [1.165, 1.54) is 12.3 Å². The van der Waals surface area contributed by atoms with Gasteiger partial charge in [0.2, 0.25) is 0 Å². The van der Waals surface area contributed by atoms with Gasteiger partial charge in [0.05, 0.1) is 45.3 Å². The maximum absolute atomic E-state index is 13.8. The van der Waals surface area contributed by atoms with Crippen LogP contribution in [0.15, 0.2) is 36.9 Å². The van der Waals surface area contributed by atoms with Gasteiger partial charge in [-0.05, 0) is 31.9 Å². The van der Waals surface area contributed by atoms with Crippen LogP contribution in [0.3, 0.4) is 0 Å². The molecule has 0 saturated carbocycles. The first kappa shape index (κ1) is 27.0. The minimum Gasteiger partial charge on any atom is -0.379 e. The molecule has 4 aromatic heterocycles. The number of halogens is 1. The van der Waals surface area contributed by atoms with Crippen molar-refractivity contribution in [3.63, 3.8) is 0 Å². The Labute approximate surface area is 225 Å². The number of carbonyl (C=O) groups is 1. The zero-order chi connectivity index (χ0) is 27.0. The summed E-state index contributed by atoms with van der Waals surface area (Å²) in [7, 11) is 0. The highest BCUT2D eigenvalue weighted by Gasteiger charge is 2.26. The number of amides is 2. The second kappa shape index (κ2) is 13.0. The molecule has 1 atom stereocenters. The van der Waals surface area contributed by atoms with Gasteiger partial charge in [-0.15, -0.1) is 0 Å². The van der Waals surface area contributed by atoms with Crippen LogP contribution in [0, 0.1) is 5.82 Å². The van der Waals surface area contributed by atoms with Crippen LogP contribution in [0.25, 0.3) is 33.5 Å². The number of rotatable bonds is 12. The summed E-state index contributed by atoms with van der Waals surface area (Å²) in [5.41, 5.74) is 2.05. The smallest absolute Gasteiger partial charge is 0.317 e. The Morgan fingerprint density at radius 3 is 2.82 bits per heavy atom. The fourth-order valence-electron chi connectivity index (χ4n) is 4.82. The van der Waals surface area contributed by atoms with Gasteiger partial charge < -0.3 is 34.0 Å². The molecule has 1 saturated heterocycles. The minimum absolute atomic E-state index is 0.0805. The summed E-state index contributed by atoms with van der Waals surface area (Å²) in [6.07, 6.45) is 8.52. The summed E-state index contributed by atoms with van der Waals surface area (Å²) in [5.74, 6) is 0.0773. The lowest BCUT2D eigenvalue weighted by molar-refractivity contribution is 0.0177. The molecule has 0 aromatic carbocycles. The van der Waals surface area contributed by atoms with E-state index in [2.05, 4.69) is 24.8 Å². The number of fused-ring (bicyclic) bond motifs is 2. The predicted molar refractivity (Wildman–Crippen MR) is 144 cm³/mol. The monoisotopic (exact) mass is 539 g/mol. The number of hydrogen-bond donors (Lipinski definition) is 2. The van der Waals surface area contributed by atoms with Gasteiger partial charge in [-0.3, -0.25) is 0 Å². The van der Waals surface area contributed by atoms with Crippen LogP contribution in [0.5, 0.6) is 0 Å². The van der Waals surface area contributed by atoms with Crippen molar-refractivity contribution in [2.24, 2.45) is 0 Å². The molecular weight excluding hydrogens is 505 g/mol. The number of aromatic amines is 1. The fourth-order valence-corrected chi connectivity index (χ4v) is 4.82. The number of nitrogens with one attached hydrogen (secondary N) is 2. The van der Waals surface area contributed by atoms with Gasteiger partial charge in [0.15, 0.2) is 5.82 Å².